The largest absolute Gasteiger partial charge is 0.481 e. The van der Waals surface area contributed by atoms with Gasteiger partial charge in [-0.2, -0.15) is 0 Å². The van der Waals surface area contributed by atoms with Crippen molar-refractivity contribution in [1.82, 2.24) is 9.97 Å². The number of fused-ring (bicyclic) bond motifs is 1. The second-order valence-corrected chi connectivity index (χ2v) is 4.55. The number of hydrogen-bond donors (Lipinski definition) is 2. The normalized spacial score (nSPS) is 16.5. The number of aryl methyl sites for hydroxylation is 1. The second-order valence-electron chi connectivity index (χ2n) is 4.55. The fourth-order valence-electron chi connectivity index (χ4n) is 2.26. The predicted molar refractivity (Wildman–Crippen MR) is 74.8 cm³/mol. The summed E-state index contributed by atoms with van der Waals surface area (Å²) in [5.41, 5.74) is 2.84. The summed E-state index contributed by atoms with van der Waals surface area (Å²) in [6, 6.07) is 7.03. The van der Waals surface area contributed by atoms with Crippen LogP contribution in [0.2, 0.25) is 0 Å². The lowest BCUT2D eigenvalue weighted by Crippen LogP contribution is -2.20. The Kier molecular flexibility index (Phi) is 2.98. The van der Waals surface area contributed by atoms with Crippen molar-refractivity contribution >= 4 is 17.4 Å². The first-order valence-electron chi connectivity index (χ1n) is 6.22. The molecule has 6 nitrogen and oxygen atoms in total. The minimum atomic E-state index is -0.454. The van der Waals surface area contributed by atoms with Crippen LogP contribution in [0.3, 0.4) is 0 Å². The number of anilines is 2. The van der Waals surface area contributed by atoms with Crippen LogP contribution in [0.25, 0.3) is 0 Å². The zero-order chi connectivity index (χ0) is 14.1. The van der Waals surface area contributed by atoms with E-state index in [9.17, 15) is 4.79 Å². The van der Waals surface area contributed by atoms with Gasteiger partial charge in [-0.1, -0.05) is 18.2 Å². The number of methoxy groups -OCH3 is 1. The first-order valence-corrected chi connectivity index (χ1v) is 6.22. The number of para-hydroxylation sites is 1. The molecule has 1 amide bonds. The highest BCUT2D eigenvalue weighted by atomic mass is 16.5. The lowest BCUT2D eigenvalue weighted by Gasteiger charge is -2.12. The third-order valence-corrected chi connectivity index (χ3v) is 3.27. The molecule has 0 aliphatic carbocycles. The quantitative estimate of drug-likeness (QED) is 0.890. The number of aromatic nitrogens is 2. The molecule has 20 heavy (non-hydrogen) atoms. The van der Waals surface area contributed by atoms with E-state index in [1.54, 1.807) is 6.07 Å². The van der Waals surface area contributed by atoms with Crippen LogP contribution in [0.5, 0.6) is 5.88 Å². The van der Waals surface area contributed by atoms with Crippen LogP contribution in [0, 0.1) is 6.92 Å². The van der Waals surface area contributed by atoms with E-state index in [0.29, 0.717) is 11.7 Å². The molecule has 0 saturated heterocycles. The summed E-state index contributed by atoms with van der Waals surface area (Å²) in [6.45, 7) is 1.97. The minimum absolute atomic E-state index is 0.0909. The molecule has 2 heterocycles. The van der Waals surface area contributed by atoms with Crippen LogP contribution >= 0.6 is 0 Å². The van der Waals surface area contributed by atoms with Crippen molar-refractivity contribution in [2.75, 3.05) is 17.7 Å². The van der Waals surface area contributed by atoms with Crippen molar-refractivity contribution in [2.24, 2.45) is 0 Å². The zero-order valence-electron chi connectivity index (χ0n) is 11.2. The number of carbonyl (C=O) groups excluding carboxylic acids is 1. The molecular weight excluding hydrogens is 256 g/mol. The van der Waals surface area contributed by atoms with Gasteiger partial charge in [0, 0.05) is 17.3 Å². The molecule has 6 heteroatoms. The molecule has 0 spiro atoms. The molecule has 1 atom stereocenters. The van der Waals surface area contributed by atoms with Crippen LogP contribution in [-0.4, -0.2) is 23.0 Å². The first kappa shape index (κ1) is 12.4. The van der Waals surface area contributed by atoms with Gasteiger partial charge < -0.3 is 15.4 Å². The van der Waals surface area contributed by atoms with Crippen molar-refractivity contribution in [2.45, 2.75) is 13.0 Å². The molecule has 2 aromatic rings. The van der Waals surface area contributed by atoms with Gasteiger partial charge in [-0.15, -0.1) is 0 Å². The summed E-state index contributed by atoms with van der Waals surface area (Å²) in [5.74, 6) is 0.906. The van der Waals surface area contributed by atoms with Gasteiger partial charge in [-0.25, -0.2) is 9.97 Å². The first-order chi connectivity index (χ1) is 9.69. The molecule has 1 aliphatic rings. The van der Waals surface area contributed by atoms with Crippen LogP contribution in [-0.2, 0) is 4.79 Å². The van der Waals surface area contributed by atoms with E-state index in [1.165, 1.54) is 13.4 Å². The number of amides is 1. The van der Waals surface area contributed by atoms with Gasteiger partial charge in [0.05, 0.1) is 7.11 Å². The Hall–Kier alpha value is -2.63. The third-order valence-electron chi connectivity index (χ3n) is 3.27. The Bertz CT molecular complexity index is 672. The molecule has 1 aromatic carbocycles. The van der Waals surface area contributed by atoms with E-state index < -0.39 is 6.04 Å². The molecule has 0 bridgehead atoms. The summed E-state index contributed by atoms with van der Waals surface area (Å²) in [7, 11) is 1.53. The Balaban J connectivity index is 1.92. The topological polar surface area (TPSA) is 76.1 Å². The fourth-order valence-corrected chi connectivity index (χ4v) is 2.26. The lowest BCUT2D eigenvalue weighted by molar-refractivity contribution is -0.116. The highest BCUT2D eigenvalue weighted by molar-refractivity contribution is 6.04. The van der Waals surface area contributed by atoms with Gasteiger partial charge in [0.2, 0.25) is 5.88 Å². The molecule has 0 fully saturated rings. The lowest BCUT2D eigenvalue weighted by atomic mass is 10.1. The second kappa shape index (κ2) is 4.80. The summed E-state index contributed by atoms with van der Waals surface area (Å²) in [4.78, 5) is 20.1. The summed E-state index contributed by atoms with van der Waals surface area (Å²) in [6.07, 6.45) is 1.39. The number of carbonyl (C=O) groups is 1. The fraction of sp³-hybridized carbons (Fsp3) is 0.214. The highest BCUT2D eigenvalue weighted by Gasteiger charge is 2.31. The number of nitrogens with zero attached hydrogens (tertiary/aromatic N) is 2. The Morgan fingerprint density at radius 3 is 3.00 bits per heavy atom. The number of hydrogen-bond acceptors (Lipinski definition) is 5. The molecule has 1 aliphatic heterocycles. The van der Waals surface area contributed by atoms with Crippen molar-refractivity contribution < 1.29 is 9.53 Å². The van der Waals surface area contributed by atoms with E-state index in [2.05, 4.69) is 20.6 Å². The number of nitrogens with one attached hydrogen (secondary N) is 2. The average molecular weight is 270 g/mol. The van der Waals surface area contributed by atoms with E-state index in [0.717, 1.165) is 16.8 Å². The molecule has 0 unspecified atom stereocenters. The van der Waals surface area contributed by atoms with E-state index in [-0.39, 0.29) is 5.91 Å². The molecule has 102 valence electrons. The number of ether oxygens (including phenoxy) is 1. The zero-order valence-corrected chi connectivity index (χ0v) is 11.2. The van der Waals surface area contributed by atoms with Crippen LogP contribution in [0.15, 0.2) is 30.6 Å². The SMILES string of the molecule is COc1cc(N[C@@H]2C(=O)Nc3c(C)cccc32)ncn1. The Labute approximate surface area is 116 Å². The molecule has 1 aromatic heterocycles. The van der Waals surface area contributed by atoms with Gasteiger partial charge in [0.25, 0.3) is 5.91 Å². The van der Waals surface area contributed by atoms with Crippen molar-refractivity contribution in [3.8, 4) is 5.88 Å². The van der Waals surface area contributed by atoms with Crippen LogP contribution in [0.4, 0.5) is 11.5 Å². The molecule has 3 rings (SSSR count). The molecular formula is C14H14N4O2. The van der Waals surface area contributed by atoms with Crippen molar-refractivity contribution in [1.29, 1.82) is 0 Å². The van der Waals surface area contributed by atoms with E-state index >= 15 is 0 Å². The van der Waals surface area contributed by atoms with Crippen molar-refractivity contribution in [3.05, 3.63) is 41.7 Å². The molecule has 2 N–H and O–H groups in total. The Morgan fingerprint density at radius 2 is 2.20 bits per heavy atom. The van der Waals surface area contributed by atoms with Crippen LogP contribution in [0.1, 0.15) is 17.2 Å². The molecule has 0 radical (unpaired) electrons. The Morgan fingerprint density at radius 1 is 1.35 bits per heavy atom. The maximum Gasteiger partial charge on any atom is 0.251 e. The van der Waals surface area contributed by atoms with E-state index in [4.69, 9.17) is 4.74 Å². The van der Waals surface area contributed by atoms with Crippen LogP contribution < -0.4 is 15.4 Å². The van der Waals surface area contributed by atoms with Gasteiger partial charge in [0.15, 0.2) is 0 Å². The molecule has 0 saturated carbocycles. The van der Waals surface area contributed by atoms with Gasteiger partial charge in [0.1, 0.15) is 18.2 Å². The minimum Gasteiger partial charge on any atom is -0.481 e. The average Bonchev–Trinajstić information content (AvgIpc) is 2.78. The van der Waals surface area contributed by atoms with Gasteiger partial charge >= 0.3 is 0 Å². The maximum atomic E-state index is 12.1. The van der Waals surface area contributed by atoms with Gasteiger partial charge in [-0.05, 0) is 12.5 Å². The van der Waals surface area contributed by atoms with Gasteiger partial charge in [-0.3, -0.25) is 4.79 Å². The monoisotopic (exact) mass is 270 g/mol. The predicted octanol–water partition coefficient (Wildman–Crippen LogP) is 1.90. The van der Waals surface area contributed by atoms with E-state index in [1.807, 2.05) is 25.1 Å². The summed E-state index contributed by atoms with van der Waals surface area (Å²) in [5, 5.41) is 5.99. The third kappa shape index (κ3) is 2.05. The standard InChI is InChI=1S/C14H14N4O2/c1-8-4-3-5-9-12(8)18-14(19)13(9)17-10-6-11(20-2)16-7-15-10/h3-7,13H,1-2H3,(H,18,19)(H,15,16,17)/t13-/m0/s1. The smallest absolute Gasteiger partial charge is 0.251 e. The summed E-state index contributed by atoms with van der Waals surface area (Å²) < 4.78 is 5.04. The number of benzene rings is 1. The number of rotatable bonds is 3. The van der Waals surface area contributed by atoms with Crippen molar-refractivity contribution in [3.63, 3.8) is 0 Å². The maximum absolute atomic E-state index is 12.1. The highest BCUT2D eigenvalue weighted by Crippen LogP contribution is 2.35. The summed E-state index contributed by atoms with van der Waals surface area (Å²) >= 11 is 0.